The summed E-state index contributed by atoms with van der Waals surface area (Å²) in [6.07, 6.45) is -0.431. The molecule has 4 heteroatoms. The first-order valence-corrected chi connectivity index (χ1v) is 7.69. The van der Waals surface area contributed by atoms with E-state index in [-0.39, 0.29) is 17.7 Å². The van der Waals surface area contributed by atoms with Crippen molar-refractivity contribution >= 4 is 22.9 Å². The molecule has 20 heavy (non-hydrogen) atoms. The van der Waals surface area contributed by atoms with Crippen LogP contribution in [0.4, 0.5) is 4.39 Å². The van der Waals surface area contributed by atoms with E-state index in [2.05, 4.69) is 20.8 Å². The summed E-state index contributed by atoms with van der Waals surface area (Å²) in [6, 6.07) is 8.49. The highest BCUT2D eigenvalue weighted by molar-refractivity contribution is 7.12. The summed E-state index contributed by atoms with van der Waals surface area (Å²) in [5.41, 5.74) is 0.543. The van der Waals surface area contributed by atoms with E-state index in [1.165, 1.54) is 10.9 Å². The summed E-state index contributed by atoms with van der Waals surface area (Å²) in [5.74, 6) is -0.371. The van der Waals surface area contributed by atoms with Crippen LogP contribution in [-0.4, -0.2) is 5.11 Å². The van der Waals surface area contributed by atoms with Gasteiger partial charge in [0.15, 0.2) is 0 Å². The Balaban J connectivity index is 2.16. The van der Waals surface area contributed by atoms with Gasteiger partial charge < -0.3 is 5.11 Å². The molecule has 2 aromatic rings. The van der Waals surface area contributed by atoms with Gasteiger partial charge in [0.2, 0.25) is 0 Å². The molecular formula is C16H18ClFOS. The van der Waals surface area contributed by atoms with Crippen LogP contribution in [0.1, 0.15) is 42.2 Å². The van der Waals surface area contributed by atoms with Crippen LogP contribution in [0.25, 0.3) is 0 Å². The largest absolute Gasteiger partial charge is 0.387 e. The Morgan fingerprint density at radius 3 is 2.50 bits per heavy atom. The van der Waals surface area contributed by atoms with Crippen molar-refractivity contribution in [3.8, 4) is 0 Å². The first-order valence-electron chi connectivity index (χ1n) is 6.49. The summed E-state index contributed by atoms with van der Waals surface area (Å²) in [4.78, 5) is 2.08. The lowest BCUT2D eigenvalue weighted by atomic mass is 9.95. The van der Waals surface area contributed by atoms with Crippen LogP contribution in [0.2, 0.25) is 5.02 Å². The summed E-state index contributed by atoms with van der Waals surface area (Å²) in [6.45, 7) is 6.40. The van der Waals surface area contributed by atoms with Gasteiger partial charge in [0.1, 0.15) is 5.82 Å². The minimum atomic E-state index is -0.688. The van der Waals surface area contributed by atoms with Crippen molar-refractivity contribution in [3.05, 3.63) is 56.5 Å². The zero-order valence-electron chi connectivity index (χ0n) is 11.8. The highest BCUT2D eigenvalue weighted by Gasteiger charge is 2.19. The molecule has 0 radical (unpaired) electrons. The van der Waals surface area contributed by atoms with Gasteiger partial charge in [0.25, 0.3) is 0 Å². The van der Waals surface area contributed by atoms with Crippen molar-refractivity contribution in [2.45, 2.75) is 38.7 Å². The Kier molecular flexibility index (Phi) is 4.52. The van der Waals surface area contributed by atoms with E-state index in [1.54, 1.807) is 23.5 Å². The van der Waals surface area contributed by atoms with E-state index in [1.807, 2.05) is 12.1 Å². The summed E-state index contributed by atoms with van der Waals surface area (Å²) in [7, 11) is 0. The van der Waals surface area contributed by atoms with Gasteiger partial charge in [0, 0.05) is 21.2 Å². The van der Waals surface area contributed by atoms with E-state index in [9.17, 15) is 9.50 Å². The van der Waals surface area contributed by atoms with Gasteiger partial charge in [0.05, 0.1) is 6.10 Å². The van der Waals surface area contributed by atoms with Crippen molar-refractivity contribution in [2.75, 3.05) is 0 Å². The maximum atomic E-state index is 13.7. The van der Waals surface area contributed by atoms with Crippen LogP contribution in [0.5, 0.6) is 0 Å². The highest BCUT2D eigenvalue weighted by Crippen LogP contribution is 2.33. The van der Waals surface area contributed by atoms with E-state index >= 15 is 0 Å². The number of benzene rings is 1. The summed E-state index contributed by atoms with van der Waals surface area (Å²) in [5, 5.41) is 10.6. The Morgan fingerprint density at radius 1 is 1.25 bits per heavy atom. The van der Waals surface area contributed by atoms with E-state index in [0.29, 0.717) is 10.6 Å². The molecule has 0 fully saturated rings. The van der Waals surface area contributed by atoms with E-state index in [4.69, 9.17) is 11.6 Å². The molecule has 0 saturated heterocycles. The van der Waals surface area contributed by atoms with Crippen molar-refractivity contribution in [2.24, 2.45) is 0 Å². The minimum Gasteiger partial charge on any atom is -0.387 e. The third-order valence-corrected chi connectivity index (χ3v) is 4.97. The third-order valence-electron chi connectivity index (χ3n) is 3.12. The molecule has 0 amide bonds. The average molecular weight is 313 g/mol. The maximum absolute atomic E-state index is 13.7. The SMILES string of the molecule is CC(C)(C)c1ccc(C(O)Cc2ccc(Cl)cc2F)s1. The standard InChI is InChI=1S/C16H18ClFOS/c1-16(2,3)15-7-6-14(20-15)13(19)8-10-4-5-11(17)9-12(10)18/h4-7,9,13,19H,8H2,1-3H3. The lowest BCUT2D eigenvalue weighted by Crippen LogP contribution is -2.08. The normalized spacial score (nSPS) is 13.5. The second-order valence-corrected chi connectivity index (χ2v) is 7.46. The second-order valence-electron chi connectivity index (χ2n) is 5.91. The van der Waals surface area contributed by atoms with Crippen LogP contribution in [0, 0.1) is 5.82 Å². The van der Waals surface area contributed by atoms with Gasteiger partial charge in [-0.15, -0.1) is 11.3 Å². The zero-order valence-corrected chi connectivity index (χ0v) is 13.4. The lowest BCUT2D eigenvalue weighted by molar-refractivity contribution is 0.181. The van der Waals surface area contributed by atoms with Gasteiger partial charge in [-0.1, -0.05) is 38.4 Å². The molecule has 0 bridgehead atoms. The molecule has 1 heterocycles. The maximum Gasteiger partial charge on any atom is 0.127 e. The third kappa shape index (κ3) is 3.60. The number of hydrogen-bond acceptors (Lipinski definition) is 2. The topological polar surface area (TPSA) is 20.2 Å². The Morgan fingerprint density at radius 2 is 1.95 bits per heavy atom. The molecule has 0 aliphatic heterocycles. The fourth-order valence-corrected chi connectivity index (χ4v) is 3.14. The van der Waals surface area contributed by atoms with E-state index in [0.717, 1.165) is 4.88 Å². The predicted molar refractivity (Wildman–Crippen MR) is 83.1 cm³/mol. The number of aliphatic hydroxyl groups excluding tert-OH is 1. The first kappa shape index (κ1) is 15.5. The molecule has 2 rings (SSSR count). The minimum absolute atomic E-state index is 0.0636. The predicted octanol–water partition coefficient (Wildman–Crippen LogP) is 5.11. The molecule has 1 N–H and O–H groups in total. The molecular weight excluding hydrogens is 295 g/mol. The van der Waals surface area contributed by atoms with E-state index < -0.39 is 6.10 Å². The van der Waals surface area contributed by atoms with Gasteiger partial charge in [-0.2, -0.15) is 0 Å². The Bertz CT molecular complexity index is 601. The number of rotatable bonds is 3. The Labute approximate surface area is 128 Å². The van der Waals surface area contributed by atoms with Crippen molar-refractivity contribution in [1.82, 2.24) is 0 Å². The van der Waals surface area contributed by atoms with Crippen LogP contribution in [0.15, 0.2) is 30.3 Å². The quantitative estimate of drug-likeness (QED) is 0.834. The van der Waals surface area contributed by atoms with Gasteiger partial charge in [-0.05, 0) is 35.2 Å². The smallest absolute Gasteiger partial charge is 0.127 e. The second kappa shape index (κ2) is 5.84. The first-order chi connectivity index (χ1) is 9.27. The molecule has 0 aliphatic carbocycles. The highest BCUT2D eigenvalue weighted by atomic mass is 35.5. The summed E-state index contributed by atoms with van der Waals surface area (Å²) >= 11 is 7.30. The number of halogens is 2. The number of aliphatic hydroxyl groups is 1. The van der Waals surface area contributed by atoms with Gasteiger partial charge >= 0.3 is 0 Å². The molecule has 1 aromatic heterocycles. The van der Waals surface area contributed by atoms with Crippen LogP contribution in [0.3, 0.4) is 0 Å². The summed E-state index contributed by atoms with van der Waals surface area (Å²) < 4.78 is 13.7. The molecule has 1 aromatic carbocycles. The zero-order chi connectivity index (χ0) is 14.9. The average Bonchev–Trinajstić information content (AvgIpc) is 2.82. The monoisotopic (exact) mass is 312 g/mol. The number of hydrogen-bond donors (Lipinski definition) is 1. The van der Waals surface area contributed by atoms with Gasteiger partial charge in [-0.3, -0.25) is 0 Å². The molecule has 0 spiro atoms. The van der Waals surface area contributed by atoms with Crippen LogP contribution >= 0.6 is 22.9 Å². The van der Waals surface area contributed by atoms with Gasteiger partial charge in [-0.25, -0.2) is 4.39 Å². The lowest BCUT2D eigenvalue weighted by Gasteiger charge is -2.15. The Hall–Kier alpha value is -0.900. The van der Waals surface area contributed by atoms with Crippen LogP contribution in [-0.2, 0) is 11.8 Å². The number of thiophene rings is 1. The van der Waals surface area contributed by atoms with Crippen molar-refractivity contribution in [3.63, 3.8) is 0 Å². The van der Waals surface area contributed by atoms with Crippen molar-refractivity contribution in [1.29, 1.82) is 0 Å². The molecule has 108 valence electrons. The fraction of sp³-hybridized carbons (Fsp3) is 0.375. The molecule has 0 aliphatic rings. The van der Waals surface area contributed by atoms with Crippen molar-refractivity contribution < 1.29 is 9.50 Å². The fourth-order valence-electron chi connectivity index (χ4n) is 1.93. The molecule has 1 nitrogen and oxygen atoms in total. The molecule has 1 unspecified atom stereocenters. The van der Waals surface area contributed by atoms with Crippen LogP contribution < -0.4 is 0 Å². The molecule has 0 saturated carbocycles. The molecule has 1 atom stereocenters.